The lowest BCUT2D eigenvalue weighted by atomic mass is 10.1. The van der Waals surface area contributed by atoms with Gasteiger partial charge in [-0.3, -0.25) is 19.4 Å². The number of carbonyl (C=O) groups excluding carboxylic acids is 2. The summed E-state index contributed by atoms with van der Waals surface area (Å²) < 4.78 is 0. The molecule has 4 fully saturated rings. The van der Waals surface area contributed by atoms with Crippen LogP contribution in [0.4, 0.5) is 5.69 Å². The average Bonchev–Trinajstić information content (AvgIpc) is 3.23. The van der Waals surface area contributed by atoms with Crippen molar-refractivity contribution >= 4 is 17.5 Å². The SMILES string of the molecule is C=C/C=C(\C=C(C)C)N1CCN(CC(=O)N2CCN(CC)CC2)CC1.CC.CC.CCc1cccc(N2CCN(CC(=O)N3CCN(CC)CC3)CC2)c1. The summed E-state index contributed by atoms with van der Waals surface area (Å²) >= 11 is 0. The third-order valence-electron chi connectivity index (χ3n) is 10.6. The van der Waals surface area contributed by atoms with Crippen molar-refractivity contribution in [2.24, 2.45) is 0 Å². The van der Waals surface area contributed by atoms with Crippen LogP contribution in [0.5, 0.6) is 0 Å². The predicted molar refractivity (Wildman–Crippen MR) is 230 cm³/mol. The topological polar surface area (TPSA) is 60.1 Å². The van der Waals surface area contributed by atoms with E-state index >= 15 is 0 Å². The molecular formula is C44H78N8O2. The van der Waals surface area contributed by atoms with Crippen molar-refractivity contribution in [3.63, 3.8) is 0 Å². The first-order valence-electron chi connectivity index (χ1n) is 21.2. The lowest BCUT2D eigenvalue weighted by molar-refractivity contribution is -0.135. The number of piperazine rings is 4. The molecule has 4 aliphatic heterocycles. The van der Waals surface area contributed by atoms with E-state index in [2.05, 4.69) is 107 Å². The Kier molecular flexibility index (Phi) is 23.1. The standard InChI is InChI=1S/C20H32N4O.C20H34N4O.2C2H6/c1-3-18-6-5-7-19(16-18)23-12-10-22(11-13-23)17-20(25)24-14-8-21(4-2)9-15-24;1-5-7-19(16-18(3)4)23-12-10-22(11-13-23)17-20(25)24-14-8-21(6-2)9-15-24;2*1-2/h5-7,16H,3-4,8-15,17H2,1-2H3;5,7,16H,1,6,8-15,17H2,2-4H3;2*1-2H3/b;19-7+;;. The molecule has 10 heteroatoms. The van der Waals surface area contributed by atoms with Crippen LogP contribution in [0.2, 0.25) is 0 Å². The molecule has 0 bridgehead atoms. The number of nitrogens with zero attached hydrogens (tertiary/aromatic N) is 8. The van der Waals surface area contributed by atoms with Gasteiger partial charge >= 0.3 is 0 Å². The number of rotatable bonds is 11. The van der Waals surface area contributed by atoms with E-state index in [4.69, 9.17) is 0 Å². The number of likely N-dealkylation sites (N-methyl/N-ethyl adjacent to an activating group) is 2. The Morgan fingerprint density at radius 2 is 1.04 bits per heavy atom. The minimum Gasteiger partial charge on any atom is -0.369 e. The molecule has 1 aromatic rings. The van der Waals surface area contributed by atoms with Gasteiger partial charge in [0, 0.05) is 116 Å². The summed E-state index contributed by atoms with van der Waals surface area (Å²) in [6.07, 6.45) is 7.20. The number of amides is 2. The quantitative estimate of drug-likeness (QED) is 0.280. The molecule has 2 amide bonds. The van der Waals surface area contributed by atoms with E-state index in [-0.39, 0.29) is 5.91 Å². The Morgan fingerprint density at radius 1 is 0.611 bits per heavy atom. The van der Waals surface area contributed by atoms with E-state index in [0.717, 1.165) is 124 Å². The molecule has 54 heavy (non-hydrogen) atoms. The number of carbonyl (C=O) groups is 2. The first-order valence-corrected chi connectivity index (χ1v) is 21.2. The third kappa shape index (κ3) is 15.9. The Hall–Kier alpha value is -3.18. The maximum atomic E-state index is 12.5. The molecule has 0 aromatic heterocycles. The van der Waals surface area contributed by atoms with Gasteiger partial charge in [-0.2, -0.15) is 0 Å². The zero-order chi connectivity index (χ0) is 39.9. The van der Waals surface area contributed by atoms with Gasteiger partial charge in [0.2, 0.25) is 11.8 Å². The van der Waals surface area contributed by atoms with Gasteiger partial charge in [0.15, 0.2) is 0 Å². The van der Waals surface area contributed by atoms with Crippen LogP contribution in [-0.4, -0.2) is 177 Å². The molecule has 10 nitrogen and oxygen atoms in total. The molecule has 0 N–H and O–H groups in total. The van der Waals surface area contributed by atoms with Gasteiger partial charge in [-0.15, -0.1) is 0 Å². The van der Waals surface area contributed by atoms with Crippen LogP contribution in [0.15, 0.2) is 60.3 Å². The maximum absolute atomic E-state index is 12.5. The van der Waals surface area contributed by atoms with Crippen molar-refractivity contribution in [2.75, 3.05) is 136 Å². The molecule has 306 valence electrons. The second kappa shape index (κ2) is 26.6. The van der Waals surface area contributed by atoms with Gasteiger partial charge in [-0.25, -0.2) is 0 Å². The molecule has 4 saturated heterocycles. The molecule has 0 unspecified atom stereocenters. The highest BCUT2D eigenvalue weighted by molar-refractivity contribution is 5.79. The maximum Gasteiger partial charge on any atom is 0.236 e. The van der Waals surface area contributed by atoms with Crippen molar-refractivity contribution in [3.05, 3.63) is 65.9 Å². The van der Waals surface area contributed by atoms with Gasteiger partial charge < -0.3 is 29.4 Å². The first-order chi connectivity index (χ1) is 26.2. The van der Waals surface area contributed by atoms with Crippen LogP contribution >= 0.6 is 0 Å². The van der Waals surface area contributed by atoms with Crippen molar-refractivity contribution in [2.45, 2.75) is 68.7 Å². The highest BCUT2D eigenvalue weighted by Gasteiger charge is 2.26. The van der Waals surface area contributed by atoms with Gasteiger partial charge in [0.25, 0.3) is 0 Å². The Bertz CT molecular complexity index is 1260. The molecule has 0 spiro atoms. The van der Waals surface area contributed by atoms with E-state index < -0.39 is 0 Å². The zero-order valence-corrected chi connectivity index (χ0v) is 36.0. The molecule has 5 rings (SSSR count). The Morgan fingerprint density at radius 3 is 1.44 bits per heavy atom. The summed E-state index contributed by atoms with van der Waals surface area (Å²) in [4.78, 5) is 43.4. The Balaban J connectivity index is 0.000000342. The lowest BCUT2D eigenvalue weighted by Crippen LogP contribution is -2.53. The molecule has 0 radical (unpaired) electrons. The van der Waals surface area contributed by atoms with E-state index in [1.165, 1.54) is 22.5 Å². The summed E-state index contributed by atoms with van der Waals surface area (Å²) in [5.41, 5.74) is 5.22. The smallest absolute Gasteiger partial charge is 0.236 e. The number of hydrogen-bond donors (Lipinski definition) is 0. The second-order valence-electron chi connectivity index (χ2n) is 14.2. The summed E-state index contributed by atoms with van der Waals surface area (Å²) in [7, 11) is 0. The number of aryl methyl sites for hydroxylation is 1. The Labute approximate surface area is 331 Å². The minimum absolute atomic E-state index is 0.287. The van der Waals surface area contributed by atoms with Gasteiger partial charge in [-0.05, 0) is 63.2 Å². The molecule has 0 atom stereocenters. The molecule has 4 heterocycles. The number of anilines is 1. The number of hydrogen-bond acceptors (Lipinski definition) is 8. The zero-order valence-electron chi connectivity index (χ0n) is 36.0. The lowest BCUT2D eigenvalue weighted by Gasteiger charge is -2.38. The molecule has 4 aliphatic rings. The van der Waals surface area contributed by atoms with Crippen LogP contribution < -0.4 is 4.90 Å². The third-order valence-corrected chi connectivity index (χ3v) is 10.6. The van der Waals surface area contributed by atoms with Crippen molar-refractivity contribution < 1.29 is 9.59 Å². The van der Waals surface area contributed by atoms with Crippen LogP contribution in [0.3, 0.4) is 0 Å². The average molecular weight is 751 g/mol. The summed E-state index contributed by atoms with van der Waals surface area (Å²) in [6.45, 7) is 41.2. The van der Waals surface area contributed by atoms with E-state index in [0.29, 0.717) is 19.0 Å². The highest BCUT2D eigenvalue weighted by atomic mass is 16.2. The van der Waals surface area contributed by atoms with Gasteiger partial charge in [-0.1, -0.05) is 78.8 Å². The minimum atomic E-state index is 0.287. The molecule has 1 aromatic carbocycles. The predicted octanol–water partition coefficient (Wildman–Crippen LogP) is 5.39. The van der Waals surface area contributed by atoms with Crippen molar-refractivity contribution in [1.82, 2.24) is 34.3 Å². The first kappa shape index (κ1) is 47.0. The monoisotopic (exact) mass is 751 g/mol. The fourth-order valence-electron chi connectivity index (χ4n) is 7.17. The van der Waals surface area contributed by atoms with Crippen LogP contribution in [0, 0.1) is 0 Å². The fraction of sp³-hybridized carbons (Fsp3) is 0.682. The summed E-state index contributed by atoms with van der Waals surface area (Å²) in [5.74, 6) is 0.590. The van der Waals surface area contributed by atoms with Crippen molar-refractivity contribution in [3.8, 4) is 0 Å². The van der Waals surface area contributed by atoms with Gasteiger partial charge in [0.1, 0.15) is 0 Å². The van der Waals surface area contributed by atoms with Crippen LogP contribution in [0.25, 0.3) is 0 Å². The normalized spacial score (nSPS) is 19.0. The largest absolute Gasteiger partial charge is 0.369 e. The molecule has 0 aliphatic carbocycles. The van der Waals surface area contributed by atoms with E-state index in [1.807, 2.05) is 43.6 Å². The number of allylic oxidation sites excluding steroid dienone is 4. The fourth-order valence-corrected chi connectivity index (χ4v) is 7.17. The van der Waals surface area contributed by atoms with Crippen molar-refractivity contribution in [1.29, 1.82) is 0 Å². The van der Waals surface area contributed by atoms with E-state index in [1.54, 1.807) is 0 Å². The number of benzene rings is 1. The van der Waals surface area contributed by atoms with E-state index in [9.17, 15) is 9.59 Å². The highest BCUT2D eigenvalue weighted by Crippen LogP contribution is 2.19. The van der Waals surface area contributed by atoms with Crippen LogP contribution in [-0.2, 0) is 16.0 Å². The summed E-state index contributed by atoms with van der Waals surface area (Å²) in [6, 6.07) is 8.85. The second-order valence-corrected chi connectivity index (χ2v) is 14.2. The molecular weight excluding hydrogens is 673 g/mol. The summed E-state index contributed by atoms with van der Waals surface area (Å²) in [5, 5.41) is 0. The van der Waals surface area contributed by atoms with Gasteiger partial charge in [0.05, 0.1) is 13.1 Å². The molecule has 0 saturated carbocycles. The van der Waals surface area contributed by atoms with Crippen LogP contribution in [0.1, 0.15) is 67.9 Å².